The normalized spacial score (nSPS) is 15.2. The number of hydrogen-bond acceptors (Lipinski definition) is 4. The number of amides is 1. The van der Waals surface area contributed by atoms with Gasteiger partial charge in [0.05, 0.1) is 15.2 Å². The Morgan fingerprint density at radius 1 is 1.23 bits per heavy atom. The molecule has 1 amide bonds. The standard InChI is InChI=1S/C20H15IN2O3/c21-17-15-10-12(11-22)2-7-16(15)25-18(17)13-3-5-14(6-4-13)20(8-1-9-20)26-19(23)24/h2-7,10H,1,8-9H2,(H2,23,24). The Kier molecular flexibility index (Phi) is 4.11. The molecule has 0 aliphatic heterocycles. The van der Waals surface area contributed by atoms with Crippen LogP contribution in [0, 0.1) is 14.9 Å². The van der Waals surface area contributed by atoms with Gasteiger partial charge in [0, 0.05) is 10.9 Å². The van der Waals surface area contributed by atoms with Crippen molar-refractivity contribution in [1.29, 1.82) is 5.26 Å². The fourth-order valence-corrected chi connectivity index (χ4v) is 4.23. The molecule has 2 N–H and O–H groups in total. The van der Waals surface area contributed by atoms with Crippen LogP contribution in [0.2, 0.25) is 0 Å². The van der Waals surface area contributed by atoms with E-state index >= 15 is 0 Å². The van der Waals surface area contributed by atoms with Crippen molar-refractivity contribution in [1.82, 2.24) is 0 Å². The van der Waals surface area contributed by atoms with Gasteiger partial charge < -0.3 is 14.9 Å². The van der Waals surface area contributed by atoms with Crippen molar-refractivity contribution in [3.63, 3.8) is 0 Å². The molecule has 0 bridgehead atoms. The van der Waals surface area contributed by atoms with Crippen LogP contribution in [0.1, 0.15) is 30.4 Å². The summed E-state index contributed by atoms with van der Waals surface area (Å²) < 4.78 is 12.3. The number of nitrogens with zero attached hydrogens (tertiary/aromatic N) is 1. The molecular weight excluding hydrogens is 443 g/mol. The highest BCUT2D eigenvalue weighted by Crippen LogP contribution is 2.45. The minimum atomic E-state index is -0.742. The van der Waals surface area contributed by atoms with Crippen molar-refractivity contribution < 1.29 is 13.9 Å². The summed E-state index contributed by atoms with van der Waals surface area (Å²) in [4.78, 5) is 11.2. The van der Waals surface area contributed by atoms with Crippen molar-refractivity contribution in [2.75, 3.05) is 0 Å². The minimum absolute atomic E-state index is 0.590. The summed E-state index contributed by atoms with van der Waals surface area (Å²) >= 11 is 2.24. The van der Waals surface area contributed by atoms with Gasteiger partial charge in [-0.25, -0.2) is 4.79 Å². The molecule has 6 heteroatoms. The van der Waals surface area contributed by atoms with Gasteiger partial charge >= 0.3 is 6.09 Å². The molecule has 0 unspecified atom stereocenters. The number of carbonyl (C=O) groups excluding carboxylic acids is 1. The molecule has 3 aromatic rings. The summed E-state index contributed by atoms with van der Waals surface area (Å²) in [7, 11) is 0. The average Bonchev–Trinajstić information content (AvgIpc) is 2.94. The summed E-state index contributed by atoms with van der Waals surface area (Å²) in [6.07, 6.45) is 1.84. The van der Waals surface area contributed by atoms with Crippen LogP contribution in [0.15, 0.2) is 46.9 Å². The van der Waals surface area contributed by atoms with E-state index in [4.69, 9.17) is 20.1 Å². The van der Waals surface area contributed by atoms with E-state index in [0.717, 1.165) is 50.7 Å². The van der Waals surface area contributed by atoms with Crippen LogP contribution in [-0.2, 0) is 10.3 Å². The number of fused-ring (bicyclic) bond motifs is 1. The first-order valence-corrected chi connectivity index (χ1v) is 9.32. The first-order chi connectivity index (χ1) is 12.5. The van der Waals surface area contributed by atoms with Gasteiger partial charge in [-0.2, -0.15) is 5.26 Å². The Morgan fingerprint density at radius 2 is 1.96 bits per heavy atom. The first kappa shape index (κ1) is 16.9. The second-order valence-corrected chi connectivity index (χ2v) is 7.49. The summed E-state index contributed by atoms with van der Waals surface area (Å²) in [5, 5.41) is 10.0. The van der Waals surface area contributed by atoms with Crippen LogP contribution in [0.4, 0.5) is 4.79 Å². The predicted octanol–water partition coefficient (Wildman–Crippen LogP) is 5.05. The van der Waals surface area contributed by atoms with Crippen molar-refractivity contribution in [3.8, 4) is 17.4 Å². The van der Waals surface area contributed by atoms with Crippen molar-refractivity contribution in [3.05, 3.63) is 57.2 Å². The number of benzene rings is 2. The minimum Gasteiger partial charge on any atom is -0.455 e. The van der Waals surface area contributed by atoms with E-state index in [1.165, 1.54) is 0 Å². The van der Waals surface area contributed by atoms with Crippen molar-refractivity contribution in [2.45, 2.75) is 24.9 Å². The second kappa shape index (κ2) is 6.32. The Morgan fingerprint density at radius 3 is 2.54 bits per heavy atom. The summed E-state index contributed by atoms with van der Waals surface area (Å²) in [5.41, 5.74) is 7.88. The number of ether oxygens (including phenoxy) is 1. The highest BCUT2D eigenvalue weighted by Gasteiger charge is 2.42. The number of carbonyl (C=O) groups is 1. The van der Waals surface area contributed by atoms with E-state index in [1.807, 2.05) is 36.4 Å². The Labute approximate surface area is 163 Å². The van der Waals surface area contributed by atoms with Gasteiger partial charge in [0.15, 0.2) is 0 Å². The molecule has 0 saturated heterocycles. The second-order valence-electron chi connectivity index (χ2n) is 6.41. The fourth-order valence-electron chi connectivity index (χ4n) is 3.39. The molecule has 5 nitrogen and oxygen atoms in total. The third-order valence-electron chi connectivity index (χ3n) is 4.89. The van der Waals surface area contributed by atoms with Crippen LogP contribution < -0.4 is 5.73 Å². The predicted molar refractivity (Wildman–Crippen MR) is 105 cm³/mol. The Hall–Kier alpha value is -2.53. The molecule has 1 heterocycles. The maximum Gasteiger partial charge on any atom is 0.405 e. The number of nitrogens with two attached hydrogens (primary N) is 1. The quantitative estimate of drug-likeness (QED) is 0.557. The van der Waals surface area contributed by atoms with Gasteiger partial charge in [-0.3, -0.25) is 0 Å². The van der Waals surface area contributed by atoms with Gasteiger partial charge in [0.1, 0.15) is 16.9 Å². The molecule has 130 valence electrons. The van der Waals surface area contributed by atoms with Gasteiger partial charge in [0.2, 0.25) is 0 Å². The highest BCUT2D eigenvalue weighted by molar-refractivity contribution is 14.1. The zero-order valence-electron chi connectivity index (χ0n) is 13.8. The molecule has 26 heavy (non-hydrogen) atoms. The smallest absolute Gasteiger partial charge is 0.405 e. The SMILES string of the molecule is N#Cc1ccc2oc(-c3ccc(C4(OC(N)=O)CCC4)cc3)c(I)c2c1. The van der Waals surface area contributed by atoms with Crippen molar-refractivity contribution >= 4 is 39.7 Å². The molecule has 0 atom stereocenters. The first-order valence-electron chi connectivity index (χ1n) is 8.24. The van der Waals surface area contributed by atoms with Gasteiger partial charge in [-0.1, -0.05) is 24.3 Å². The number of halogens is 1. The zero-order valence-corrected chi connectivity index (χ0v) is 15.9. The van der Waals surface area contributed by atoms with Gasteiger partial charge in [-0.15, -0.1) is 0 Å². The van der Waals surface area contributed by atoms with Crippen LogP contribution in [0.25, 0.3) is 22.3 Å². The molecule has 1 fully saturated rings. The highest BCUT2D eigenvalue weighted by atomic mass is 127. The molecule has 1 aliphatic rings. The fraction of sp³-hybridized carbons (Fsp3) is 0.200. The van der Waals surface area contributed by atoms with Gasteiger partial charge in [0.25, 0.3) is 0 Å². The zero-order chi connectivity index (χ0) is 18.3. The number of nitriles is 1. The largest absolute Gasteiger partial charge is 0.455 e. The Balaban J connectivity index is 1.71. The van der Waals surface area contributed by atoms with Gasteiger partial charge in [-0.05, 0) is 65.6 Å². The summed E-state index contributed by atoms with van der Waals surface area (Å²) in [6, 6.07) is 15.4. The third-order valence-corrected chi connectivity index (χ3v) is 5.96. The summed E-state index contributed by atoms with van der Waals surface area (Å²) in [6.45, 7) is 0. The number of furan rings is 1. The molecule has 2 aromatic carbocycles. The maximum absolute atomic E-state index is 11.2. The molecule has 1 aliphatic carbocycles. The summed E-state index contributed by atoms with van der Waals surface area (Å²) in [5.74, 6) is 0.765. The lowest BCUT2D eigenvalue weighted by molar-refractivity contribution is -0.0489. The molecule has 0 radical (unpaired) electrons. The van der Waals surface area contributed by atoms with E-state index < -0.39 is 11.7 Å². The molecule has 1 saturated carbocycles. The topological polar surface area (TPSA) is 89.2 Å². The lowest BCUT2D eigenvalue weighted by Crippen LogP contribution is -2.40. The maximum atomic E-state index is 11.2. The van der Waals surface area contributed by atoms with E-state index in [9.17, 15) is 4.79 Å². The van der Waals surface area contributed by atoms with Crippen LogP contribution in [0.5, 0.6) is 0 Å². The average molecular weight is 458 g/mol. The molecular formula is C20H15IN2O3. The number of primary amides is 1. The van der Waals surface area contributed by atoms with Crippen molar-refractivity contribution in [2.24, 2.45) is 5.73 Å². The van der Waals surface area contributed by atoms with Crippen LogP contribution in [-0.4, -0.2) is 6.09 Å². The van der Waals surface area contributed by atoms with Crippen LogP contribution in [0.3, 0.4) is 0 Å². The number of hydrogen-bond donors (Lipinski definition) is 1. The molecule has 4 rings (SSSR count). The third kappa shape index (κ3) is 2.72. The monoisotopic (exact) mass is 458 g/mol. The van der Waals surface area contributed by atoms with Crippen LogP contribution >= 0.6 is 22.6 Å². The molecule has 0 spiro atoms. The van der Waals surface area contributed by atoms with E-state index in [0.29, 0.717) is 5.56 Å². The number of rotatable bonds is 3. The lowest BCUT2D eigenvalue weighted by atomic mass is 9.74. The van der Waals surface area contributed by atoms with E-state index in [-0.39, 0.29) is 0 Å². The molecule has 1 aromatic heterocycles. The van der Waals surface area contributed by atoms with E-state index in [1.54, 1.807) is 6.07 Å². The Bertz CT molecular complexity index is 1040. The van der Waals surface area contributed by atoms with E-state index in [2.05, 4.69) is 28.7 Å². The lowest BCUT2D eigenvalue weighted by Gasteiger charge is -2.40.